The minimum Gasteiger partial charge on any atom is -0.383 e. The van der Waals surface area contributed by atoms with Gasteiger partial charge in [0.15, 0.2) is 0 Å². The molecule has 74 valence electrons. The Morgan fingerprint density at radius 2 is 2.00 bits per heavy atom. The normalized spacial score (nSPS) is 14.8. The molecule has 0 bridgehead atoms. The molecule has 0 radical (unpaired) electrons. The predicted octanol–water partition coefficient (Wildman–Crippen LogP) is 2.05. The van der Waals surface area contributed by atoms with E-state index in [9.17, 15) is 0 Å². The first-order valence-electron chi connectivity index (χ1n) is 4.74. The van der Waals surface area contributed by atoms with Crippen LogP contribution in [0.3, 0.4) is 0 Å². The van der Waals surface area contributed by atoms with Crippen LogP contribution in [0.4, 0.5) is 0 Å². The van der Waals surface area contributed by atoms with Gasteiger partial charge in [-0.3, -0.25) is 0 Å². The molecule has 0 aliphatic rings. The second-order valence-electron chi connectivity index (χ2n) is 4.26. The van der Waals surface area contributed by atoms with Gasteiger partial charge in [-0.1, -0.05) is 20.8 Å². The molecule has 0 fully saturated rings. The predicted molar refractivity (Wildman–Crippen MR) is 53.4 cm³/mol. The quantitative estimate of drug-likeness (QED) is 0.663. The van der Waals surface area contributed by atoms with Gasteiger partial charge in [0.1, 0.15) is 0 Å². The highest BCUT2D eigenvalue weighted by molar-refractivity contribution is 4.71. The summed E-state index contributed by atoms with van der Waals surface area (Å²) in [4.78, 5) is 0. The highest BCUT2D eigenvalue weighted by atomic mass is 16.5. The van der Waals surface area contributed by atoms with Crippen LogP contribution in [0.2, 0.25) is 0 Å². The zero-order chi connectivity index (χ0) is 9.61. The standard InChI is InChI=1S/C10H23NO/c1-6-10(3,4)8-11-9(2)7-12-5/h9,11H,6-8H2,1-5H3. The molecule has 1 atom stereocenters. The van der Waals surface area contributed by atoms with Crippen molar-refractivity contribution in [2.24, 2.45) is 5.41 Å². The van der Waals surface area contributed by atoms with Crippen molar-refractivity contribution >= 4 is 0 Å². The number of ether oxygens (including phenoxy) is 1. The monoisotopic (exact) mass is 173 g/mol. The summed E-state index contributed by atoms with van der Waals surface area (Å²) in [6.45, 7) is 10.8. The molecule has 2 heteroatoms. The van der Waals surface area contributed by atoms with Crippen LogP contribution in [0.15, 0.2) is 0 Å². The summed E-state index contributed by atoms with van der Waals surface area (Å²) in [5.41, 5.74) is 0.405. The highest BCUT2D eigenvalue weighted by Crippen LogP contribution is 2.17. The number of nitrogens with one attached hydrogen (secondary N) is 1. The average Bonchev–Trinajstić information content (AvgIpc) is 2.02. The fourth-order valence-corrected chi connectivity index (χ4v) is 0.884. The van der Waals surface area contributed by atoms with E-state index < -0.39 is 0 Å². The molecule has 0 saturated heterocycles. The zero-order valence-corrected chi connectivity index (χ0v) is 9.11. The van der Waals surface area contributed by atoms with Crippen LogP contribution in [-0.4, -0.2) is 26.3 Å². The molecular weight excluding hydrogens is 150 g/mol. The molecule has 0 heterocycles. The van der Waals surface area contributed by atoms with E-state index in [-0.39, 0.29) is 0 Å². The van der Waals surface area contributed by atoms with Crippen LogP contribution in [0, 0.1) is 5.41 Å². The van der Waals surface area contributed by atoms with Crippen molar-refractivity contribution in [3.05, 3.63) is 0 Å². The van der Waals surface area contributed by atoms with Gasteiger partial charge in [0.2, 0.25) is 0 Å². The fourth-order valence-electron chi connectivity index (χ4n) is 0.884. The number of methoxy groups -OCH3 is 1. The lowest BCUT2D eigenvalue weighted by Crippen LogP contribution is -2.37. The van der Waals surface area contributed by atoms with Crippen LogP contribution >= 0.6 is 0 Å². The summed E-state index contributed by atoms with van der Waals surface area (Å²) in [6, 6.07) is 0.459. The Bertz CT molecular complexity index is 112. The Kier molecular flexibility index (Phi) is 5.51. The molecule has 0 aromatic rings. The summed E-state index contributed by atoms with van der Waals surface area (Å²) in [6.07, 6.45) is 1.21. The third-order valence-electron chi connectivity index (χ3n) is 2.30. The van der Waals surface area contributed by atoms with Gasteiger partial charge in [0.25, 0.3) is 0 Å². The fraction of sp³-hybridized carbons (Fsp3) is 1.00. The maximum atomic E-state index is 5.04. The molecule has 12 heavy (non-hydrogen) atoms. The summed E-state index contributed by atoms with van der Waals surface area (Å²) in [7, 11) is 1.74. The van der Waals surface area contributed by atoms with Gasteiger partial charge in [0, 0.05) is 19.7 Å². The highest BCUT2D eigenvalue weighted by Gasteiger charge is 2.15. The van der Waals surface area contributed by atoms with Gasteiger partial charge in [-0.2, -0.15) is 0 Å². The smallest absolute Gasteiger partial charge is 0.0613 e. The minimum absolute atomic E-state index is 0.405. The van der Waals surface area contributed by atoms with Crippen LogP contribution < -0.4 is 5.32 Å². The van der Waals surface area contributed by atoms with E-state index in [0.29, 0.717) is 11.5 Å². The van der Waals surface area contributed by atoms with Crippen LogP contribution in [0.25, 0.3) is 0 Å². The number of rotatable bonds is 6. The van der Waals surface area contributed by atoms with Crippen LogP contribution in [0.1, 0.15) is 34.1 Å². The topological polar surface area (TPSA) is 21.3 Å². The SMILES string of the molecule is CCC(C)(C)CNC(C)COC. The van der Waals surface area contributed by atoms with E-state index in [1.54, 1.807) is 7.11 Å². The largest absolute Gasteiger partial charge is 0.383 e. The third kappa shape index (κ3) is 5.56. The maximum absolute atomic E-state index is 5.04. The number of hydrogen-bond acceptors (Lipinski definition) is 2. The first-order chi connectivity index (χ1) is 5.52. The molecule has 0 amide bonds. The van der Waals surface area contributed by atoms with Crippen molar-refractivity contribution in [3.63, 3.8) is 0 Å². The summed E-state index contributed by atoms with van der Waals surface area (Å²) < 4.78 is 5.04. The van der Waals surface area contributed by atoms with Crippen molar-refractivity contribution in [1.29, 1.82) is 0 Å². The van der Waals surface area contributed by atoms with Gasteiger partial charge >= 0.3 is 0 Å². The molecule has 1 unspecified atom stereocenters. The van der Waals surface area contributed by atoms with Gasteiger partial charge in [-0.25, -0.2) is 0 Å². The Morgan fingerprint density at radius 1 is 1.42 bits per heavy atom. The molecule has 0 rings (SSSR count). The molecule has 0 aliphatic heterocycles. The second-order valence-corrected chi connectivity index (χ2v) is 4.26. The van der Waals surface area contributed by atoms with Crippen molar-refractivity contribution < 1.29 is 4.74 Å². The first-order valence-corrected chi connectivity index (χ1v) is 4.74. The Morgan fingerprint density at radius 3 is 2.42 bits per heavy atom. The Labute approximate surface area is 76.7 Å². The molecule has 0 spiro atoms. The van der Waals surface area contributed by atoms with E-state index in [4.69, 9.17) is 4.74 Å². The molecule has 1 N–H and O–H groups in total. The van der Waals surface area contributed by atoms with Crippen LogP contribution in [-0.2, 0) is 4.74 Å². The van der Waals surface area contributed by atoms with Gasteiger partial charge in [0.05, 0.1) is 6.61 Å². The lowest BCUT2D eigenvalue weighted by Gasteiger charge is -2.25. The van der Waals surface area contributed by atoms with Crippen molar-refractivity contribution in [2.75, 3.05) is 20.3 Å². The maximum Gasteiger partial charge on any atom is 0.0613 e. The van der Waals surface area contributed by atoms with Crippen molar-refractivity contribution in [2.45, 2.75) is 40.2 Å². The molecule has 0 aliphatic carbocycles. The van der Waals surface area contributed by atoms with E-state index in [0.717, 1.165) is 13.2 Å². The molecule has 0 aromatic carbocycles. The van der Waals surface area contributed by atoms with Crippen molar-refractivity contribution in [1.82, 2.24) is 5.32 Å². The molecular formula is C10H23NO. The van der Waals surface area contributed by atoms with Gasteiger partial charge in [-0.15, -0.1) is 0 Å². The Balaban J connectivity index is 3.52. The lowest BCUT2D eigenvalue weighted by atomic mass is 9.90. The lowest BCUT2D eigenvalue weighted by molar-refractivity contribution is 0.164. The van der Waals surface area contributed by atoms with E-state index in [2.05, 4.69) is 33.0 Å². The van der Waals surface area contributed by atoms with E-state index in [1.807, 2.05) is 0 Å². The Hall–Kier alpha value is -0.0800. The van der Waals surface area contributed by atoms with E-state index in [1.165, 1.54) is 6.42 Å². The zero-order valence-electron chi connectivity index (χ0n) is 9.11. The first kappa shape index (κ1) is 11.9. The summed E-state index contributed by atoms with van der Waals surface area (Å²) in [5.74, 6) is 0. The molecule has 2 nitrogen and oxygen atoms in total. The summed E-state index contributed by atoms with van der Waals surface area (Å²) >= 11 is 0. The van der Waals surface area contributed by atoms with Crippen molar-refractivity contribution in [3.8, 4) is 0 Å². The molecule has 0 saturated carbocycles. The van der Waals surface area contributed by atoms with Gasteiger partial charge < -0.3 is 10.1 Å². The molecule has 0 aromatic heterocycles. The average molecular weight is 173 g/mol. The van der Waals surface area contributed by atoms with Gasteiger partial charge in [-0.05, 0) is 18.8 Å². The second kappa shape index (κ2) is 5.55. The van der Waals surface area contributed by atoms with Crippen LogP contribution in [0.5, 0.6) is 0 Å². The summed E-state index contributed by atoms with van der Waals surface area (Å²) in [5, 5.41) is 3.45. The third-order valence-corrected chi connectivity index (χ3v) is 2.30. The minimum atomic E-state index is 0.405. The van der Waals surface area contributed by atoms with E-state index >= 15 is 0 Å². The number of hydrogen-bond donors (Lipinski definition) is 1.